The van der Waals surface area contributed by atoms with Gasteiger partial charge in [-0.1, -0.05) is 24.3 Å². The Morgan fingerprint density at radius 3 is 2.56 bits per heavy atom. The predicted molar refractivity (Wildman–Crippen MR) is 65.2 cm³/mol. The molecule has 0 saturated heterocycles. The minimum atomic E-state index is -0.211. The summed E-state index contributed by atoms with van der Waals surface area (Å²) in [7, 11) is 0. The van der Waals surface area contributed by atoms with Crippen LogP contribution in [0.15, 0.2) is 45.6 Å². The Balaban J connectivity index is 2.61. The Bertz CT molecular complexity index is 801. The fraction of sp³-hybridized carbons (Fsp3) is 0. The summed E-state index contributed by atoms with van der Waals surface area (Å²) in [6, 6.07) is 11.4. The second kappa shape index (κ2) is 3.28. The molecule has 0 radical (unpaired) electrons. The highest BCUT2D eigenvalue weighted by atomic mass is 32.1. The molecule has 78 valence electrons. The van der Waals surface area contributed by atoms with Gasteiger partial charge in [0, 0.05) is 0 Å². The Kier molecular flexibility index (Phi) is 1.91. The summed E-state index contributed by atoms with van der Waals surface area (Å²) in [6.07, 6.45) is 0. The fourth-order valence-corrected chi connectivity index (χ4v) is 1.95. The van der Waals surface area contributed by atoms with E-state index in [1.54, 1.807) is 0 Å². The molecule has 0 aliphatic heterocycles. The topological polar surface area (TPSA) is 46.0 Å². The maximum absolute atomic E-state index is 11.7. The molecule has 0 aliphatic rings. The molecule has 2 aromatic carbocycles. The summed E-state index contributed by atoms with van der Waals surface area (Å²) >= 11 is 4.83. The average Bonchev–Trinajstić information content (AvgIpc) is 2.27. The summed E-state index contributed by atoms with van der Waals surface area (Å²) in [4.78, 5) is 14.2. The lowest BCUT2D eigenvalue weighted by molar-refractivity contribution is 0.557. The number of rotatable bonds is 0. The number of H-pyrrole nitrogens is 1. The third-order valence-corrected chi connectivity index (χ3v) is 2.70. The fourth-order valence-electron chi connectivity index (χ4n) is 1.77. The van der Waals surface area contributed by atoms with E-state index in [-0.39, 0.29) is 10.4 Å². The van der Waals surface area contributed by atoms with E-state index >= 15 is 0 Å². The summed E-state index contributed by atoms with van der Waals surface area (Å²) in [5.41, 5.74) is 0.310. The lowest BCUT2D eigenvalue weighted by Crippen LogP contribution is -2.05. The van der Waals surface area contributed by atoms with Crippen molar-refractivity contribution in [1.82, 2.24) is 4.98 Å². The summed E-state index contributed by atoms with van der Waals surface area (Å²) in [5, 5.41) is 2.55. The van der Waals surface area contributed by atoms with Gasteiger partial charge in [-0.3, -0.25) is 9.78 Å². The van der Waals surface area contributed by atoms with E-state index in [4.69, 9.17) is 16.6 Å². The van der Waals surface area contributed by atoms with Crippen LogP contribution in [0.1, 0.15) is 0 Å². The van der Waals surface area contributed by atoms with E-state index in [1.165, 1.54) is 0 Å². The molecule has 0 atom stereocenters. The zero-order valence-corrected chi connectivity index (χ0v) is 9.01. The molecule has 0 unspecified atom stereocenters. The largest absolute Gasteiger partial charge is 0.431 e. The molecule has 3 nitrogen and oxygen atoms in total. The van der Waals surface area contributed by atoms with Gasteiger partial charge in [0.2, 0.25) is 0 Å². The van der Waals surface area contributed by atoms with E-state index in [1.807, 2.05) is 36.4 Å². The third-order valence-electron chi connectivity index (χ3n) is 2.51. The van der Waals surface area contributed by atoms with Crippen molar-refractivity contribution >= 4 is 34.0 Å². The average molecular weight is 229 g/mol. The van der Waals surface area contributed by atoms with Gasteiger partial charge in [-0.15, -0.1) is 0 Å². The zero-order chi connectivity index (χ0) is 11.1. The Labute approximate surface area is 95.3 Å². The zero-order valence-electron chi connectivity index (χ0n) is 8.19. The first kappa shape index (κ1) is 9.30. The maximum Gasteiger partial charge on any atom is 0.269 e. The molecule has 1 heterocycles. The number of aromatic nitrogens is 1. The third kappa shape index (κ3) is 1.35. The monoisotopic (exact) mass is 229 g/mol. The highest BCUT2D eigenvalue weighted by Gasteiger charge is 2.03. The van der Waals surface area contributed by atoms with Crippen molar-refractivity contribution < 1.29 is 4.42 Å². The van der Waals surface area contributed by atoms with Crippen LogP contribution in [-0.2, 0) is 0 Å². The number of aromatic amines is 1. The van der Waals surface area contributed by atoms with Crippen molar-refractivity contribution in [2.24, 2.45) is 0 Å². The van der Waals surface area contributed by atoms with Crippen molar-refractivity contribution in [1.29, 1.82) is 0 Å². The van der Waals surface area contributed by atoms with Crippen molar-refractivity contribution in [2.75, 3.05) is 0 Å². The molecule has 0 amide bonds. The number of fused-ring (bicyclic) bond motifs is 2. The molecule has 0 spiro atoms. The molecule has 3 rings (SSSR count). The van der Waals surface area contributed by atoms with E-state index in [2.05, 4.69) is 4.98 Å². The highest BCUT2D eigenvalue weighted by Crippen LogP contribution is 2.19. The van der Waals surface area contributed by atoms with Gasteiger partial charge in [0.25, 0.3) is 10.4 Å². The molecule has 16 heavy (non-hydrogen) atoms. The van der Waals surface area contributed by atoms with Crippen molar-refractivity contribution in [2.45, 2.75) is 0 Å². The lowest BCUT2D eigenvalue weighted by atomic mass is 10.1. The number of hydrogen-bond donors (Lipinski definition) is 1. The summed E-state index contributed by atoms with van der Waals surface area (Å²) < 4.78 is 5.31. The first-order chi connectivity index (χ1) is 7.74. The molecule has 1 aromatic heterocycles. The van der Waals surface area contributed by atoms with Crippen LogP contribution in [0, 0.1) is 4.84 Å². The van der Waals surface area contributed by atoms with Crippen LogP contribution in [0.4, 0.5) is 0 Å². The number of nitrogens with one attached hydrogen (secondary N) is 1. The van der Waals surface area contributed by atoms with E-state index in [9.17, 15) is 4.79 Å². The van der Waals surface area contributed by atoms with Gasteiger partial charge < -0.3 is 4.42 Å². The van der Waals surface area contributed by atoms with Crippen LogP contribution < -0.4 is 5.56 Å². The first-order valence-electron chi connectivity index (χ1n) is 4.80. The van der Waals surface area contributed by atoms with Crippen LogP contribution >= 0.6 is 12.2 Å². The van der Waals surface area contributed by atoms with Crippen LogP contribution in [-0.4, -0.2) is 4.98 Å². The maximum atomic E-state index is 11.7. The molecular formula is C12H7NO2S. The smallest absolute Gasteiger partial charge is 0.269 e. The van der Waals surface area contributed by atoms with E-state index < -0.39 is 0 Å². The SMILES string of the molecule is O=c1[nH]c(=S)oc2cc3ccccc3cc12. The number of hydrogen-bond acceptors (Lipinski definition) is 3. The molecule has 0 bridgehead atoms. The molecule has 0 aliphatic carbocycles. The van der Waals surface area contributed by atoms with Gasteiger partial charge in [0.1, 0.15) is 5.58 Å². The van der Waals surface area contributed by atoms with Gasteiger partial charge in [-0.25, -0.2) is 0 Å². The molecule has 0 fully saturated rings. The predicted octanol–water partition coefficient (Wildman–Crippen LogP) is 3.00. The summed E-state index contributed by atoms with van der Waals surface area (Å²) in [5.74, 6) is 0. The summed E-state index contributed by atoms with van der Waals surface area (Å²) in [6.45, 7) is 0. The Morgan fingerprint density at radius 1 is 1.12 bits per heavy atom. The minimum absolute atomic E-state index is 0.104. The molecule has 0 saturated carbocycles. The molecule has 4 heteroatoms. The van der Waals surface area contributed by atoms with Crippen molar-refractivity contribution in [3.63, 3.8) is 0 Å². The molecular weight excluding hydrogens is 222 g/mol. The lowest BCUT2D eigenvalue weighted by Gasteiger charge is -1.99. The highest BCUT2D eigenvalue weighted by molar-refractivity contribution is 7.71. The van der Waals surface area contributed by atoms with Crippen molar-refractivity contribution in [3.8, 4) is 0 Å². The van der Waals surface area contributed by atoms with Crippen LogP contribution in [0.5, 0.6) is 0 Å². The van der Waals surface area contributed by atoms with Gasteiger partial charge in [-0.05, 0) is 35.1 Å². The second-order valence-electron chi connectivity index (χ2n) is 3.54. The molecule has 3 aromatic rings. The first-order valence-corrected chi connectivity index (χ1v) is 5.21. The van der Waals surface area contributed by atoms with Gasteiger partial charge >= 0.3 is 0 Å². The van der Waals surface area contributed by atoms with E-state index in [0.29, 0.717) is 11.0 Å². The second-order valence-corrected chi connectivity index (χ2v) is 3.91. The van der Waals surface area contributed by atoms with Crippen LogP contribution in [0.2, 0.25) is 0 Å². The molecule has 1 N–H and O–H groups in total. The van der Waals surface area contributed by atoms with Crippen molar-refractivity contribution in [3.05, 3.63) is 51.6 Å². The van der Waals surface area contributed by atoms with E-state index in [0.717, 1.165) is 10.8 Å². The van der Waals surface area contributed by atoms with Crippen LogP contribution in [0.25, 0.3) is 21.7 Å². The quantitative estimate of drug-likeness (QED) is 0.476. The minimum Gasteiger partial charge on any atom is -0.431 e. The van der Waals surface area contributed by atoms with Gasteiger partial charge in [-0.2, -0.15) is 0 Å². The van der Waals surface area contributed by atoms with Gasteiger partial charge in [0.05, 0.1) is 5.39 Å². The standard InChI is InChI=1S/C12H7NO2S/c14-11-9-5-7-3-1-2-4-8(7)6-10(9)15-12(16)13-11/h1-6H,(H,13,14,16). The Hall–Kier alpha value is -1.94. The Morgan fingerprint density at radius 2 is 1.81 bits per heavy atom. The van der Waals surface area contributed by atoms with Crippen LogP contribution in [0.3, 0.4) is 0 Å². The normalized spacial score (nSPS) is 11.0. The van der Waals surface area contributed by atoms with Gasteiger partial charge in [0.15, 0.2) is 0 Å². The number of benzene rings is 2.